The van der Waals surface area contributed by atoms with Crippen molar-refractivity contribution in [2.45, 2.75) is 13.8 Å². The molecule has 24 heavy (non-hydrogen) atoms. The minimum Gasteiger partial charge on any atom is -0.271 e. The quantitative estimate of drug-likeness (QED) is 0.531. The minimum atomic E-state index is 0.622. The maximum Gasteiger partial charge on any atom is 0.236 e. The lowest BCUT2D eigenvalue weighted by Crippen LogP contribution is -2.04. The summed E-state index contributed by atoms with van der Waals surface area (Å²) in [7, 11) is 0. The summed E-state index contributed by atoms with van der Waals surface area (Å²) in [4.78, 5) is 13.9. The van der Waals surface area contributed by atoms with Crippen LogP contribution in [-0.2, 0) is 0 Å². The molecule has 2 aromatic heterocycles. The molecule has 0 aliphatic carbocycles. The normalized spacial score (nSPS) is 11.1. The molecule has 0 aliphatic rings. The second kappa shape index (κ2) is 5.73. The van der Waals surface area contributed by atoms with Gasteiger partial charge in [0, 0.05) is 21.7 Å². The number of rotatable bonds is 2. The first kappa shape index (κ1) is 14.8. The van der Waals surface area contributed by atoms with E-state index in [1.165, 1.54) is 0 Å². The van der Waals surface area contributed by atoms with Crippen molar-refractivity contribution in [3.8, 4) is 17.2 Å². The Morgan fingerprint density at radius 1 is 0.917 bits per heavy atom. The number of fused-ring (bicyclic) bond motifs is 1. The number of aryl methyl sites for hydroxylation is 1. The molecule has 4 rings (SSSR count). The highest BCUT2D eigenvalue weighted by Crippen LogP contribution is 2.28. The van der Waals surface area contributed by atoms with Gasteiger partial charge in [-0.3, -0.25) is 4.57 Å². The van der Waals surface area contributed by atoms with Gasteiger partial charge in [-0.15, -0.1) is 0 Å². The molecule has 0 atom stereocenters. The fourth-order valence-corrected chi connectivity index (χ4v) is 2.83. The molecule has 0 unspecified atom stereocenters. The van der Waals surface area contributed by atoms with Crippen LogP contribution in [0.4, 0.5) is 0 Å². The number of halogens is 1. The predicted octanol–water partition coefficient (Wildman–Crippen LogP) is 4.75. The first-order valence-electron chi connectivity index (χ1n) is 7.67. The highest BCUT2D eigenvalue weighted by Gasteiger charge is 2.13. The summed E-state index contributed by atoms with van der Waals surface area (Å²) in [6.07, 6.45) is 1.76. The topological polar surface area (TPSA) is 43.6 Å². The molecule has 0 bridgehead atoms. The van der Waals surface area contributed by atoms with Gasteiger partial charge >= 0.3 is 0 Å². The Morgan fingerprint density at radius 3 is 2.38 bits per heavy atom. The zero-order valence-corrected chi connectivity index (χ0v) is 14.1. The van der Waals surface area contributed by atoms with Gasteiger partial charge in [0.2, 0.25) is 5.95 Å². The number of aromatic nitrogens is 4. The fraction of sp³-hybridized carbons (Fsp3) is 0.105. The van der Waals surface area contributed by atoms with Crippen LogP contribution in [-0.4, -0.2) is 19.5 Å². The molecule has 0 aliphatic heterocycles. The van der Waals surface area contributed by atoms with E-state index >= 15 is 0 Å². The summed E-state index contributed by atoms with van der Waals surface area (Å²) in [5.74, 6) is 0.622. The largest absolute Gasteiger partial charge is 0.271 e. The third-order valence-corrected chi connectivity index (χ3v) is 4.43. The van der Waals surface area contributed by atoms with Gasteiger partial charge in [-0.25, -0.2) is 15.0 Å². The lowest BCUT2D eigenvalue weighted by Gasteiger charge is -2.10. The molecule has 4 aromatic rings. The molecule has 0 N–H and O–H groups in total. The Labute approximate surface area is 144 Å². The van der Waals surface area contributed by atoms with Gasteiger partial charge in [-0.2, -0.15) is 0 Å². The third-order valence-electron chi connectivity index (χ3n) is 4.18. The highest BCUT2D eigenvalue weighted by molar-refractivity contribution is 6.30. The van der Waals surface area contributed by atoms with Crippen LogP contribution in [0.5, 0.6) is 0 Å². The number of nitrogens with zero attached hydrogens (tertiary/aromatic N) is 4. The molecule has 0 spiro atoms. The average molecular weight is 335 g/mol. The first-order valence-corrected chi connectivity index (χ1v) is 8.05. The van der Waals surface area contributed by atoms with Gasteiger partial charge < -0.3 is 0 Å². The fourth-order valence-electron chi connectivity index (χ4n) is 2.70. The summed E-state index contributed by atoms with van der Waals surface area (Å²) >= 11 is 6.02. The van der Waals surface area contributed by atoms with E-state index in [2.05, 4.69) is 4.98 Å². The van der Waals surface area contributed by atoms with Gasteiger partial charge in [0.15, 0.2) is 0 Å². The molecule has 0 amide bonds. The van der Waals surface area contributed by atoms with Gasteiger partial charge in [0.25, 0.3) is 0 Å². The SMILES string of the molecule is Cc1ncn(-c2nc(-c3ccc(Cl)cc3)c3ccccc3n2)c1C. The maximum atomic E-state index is 6.02. The second-order valence-electron chi connectivity index (χ2n) is 5.68. The number of hydrogen-bond acceptors (Lipinski definition) is 3. The summed E-state index contributed by atoms with van der Waals surface area (Å²) in [5, 5.41) is 1.72. The molecule has 0 radical (unpaired) electrons. The van der Waals surface area contributed by atoms with Crippen LogP contribution in [0.1, 0.15) is 11.4 Å². The first-order chi connectivity index (χ1) is 11.6. The van der Waals surface area contributed by atoms with E-state index < -0.39 is 0 Å². The van der Waals surface area contributed by atoms with Gasteiger partial charge in [-0.05, 0) is 32.0 Å². The highest BCUT2D eigenvalue weighted by atomic mass is 35.5. The zero-order valence-electron chi connectivity index (χ0n) is 13.4. The van der Waals surface area contributed by atoms with Crippen molar-refractivity contribution in [3.63, 3.8) is 0 Å². The monoisotopic (exact) mass is 334 g/mol. The molecule has 0 saturated heterocycles. The Morgan fingerprint density at radius 2 is 1.67 bits per heavy atom. The number of benzene rings is 2. The summed E-state index contributed by atoms with van der Waals surface area (Å²) < 4.78 is 1.92. The van der Waals surface area contributed by atoms with Crippen molar-refractivity contribution in [3.05, 3.63) is 71.3 Å². The lowest BCUT2D eigenvalue weighted by molar-refractivity contribution is 0.908. The molecular formula is C19H15ClN4. The standard InChI is InChI=1S/C19H15ClN4/c1-12-13(2)24(11-21-12)19-22-17-6-4-3-5-16(17)18(23-19)14-7-9-15(20)10-8-14/h3-11H,1-2H3. The Balaban J connectivity index is 2.01. The maximum absolute atomic E-state index is 6.02. The van der Waals surface area contributed by atoms with Crippen LogP contribution in [0.15, 0.2) is 54.9 Å². The molecular weight excluding hydrogens is 320 g/mol. The molecule has 118 valence electrons. The average Bonchev–Trinajstić information content (AvgIpc) is 2.94. The van der Waals surface area contributed by atoms with Crippen LogP contribution < -0.4 is 0 Å². The number of para-hydroxylation sites is 1. The van der Waals surface area contributed by atoms with Crippen LogP contribution >= 0.6 is 11.6 Å². The number of hydrogen-bond donors (Lipinski definition) is 0. The Hall–Kier alpha value is -2.72. The van der Waals surface area contributed by atoms with E-state index in [0.29, 0.717) is 11.0 Å². The van der Waals surface area contributed by atoms with Crippen molar-refractivity contribution in [2.24, 2.45) is 0 Å². The van der Waals surface area contributed by atoms with Crippen LogP contribution in [0.3, 0.4) is 0 Å². The Kier molecular flexibility index (Phi) is 3.54. The molecule has 0 saturated carbocycles. The zero-order chi connectivity index (χ0) is 16.7. The molecule has 0 fully saturated rings. The van der Waals surface area contributed by atoms with Crippen LogP contribution in [0.25, 0.3) is 28.1 Å². The third kappa shape index (κ3) is 2.45. The van der Waals surface area contributed by atoms with E-state index in [0.717, 1.165) is 33.5 Å². The van der Waals surface area contributed by atoms with E-state index in [1.54, 1.807) is 6.33 Å². The van der Waals surface area contributed by atoms with Gasteiger partial charge in [-0.1, -0.05) is 41.9 Å². The molecule has 2 aromatic carbocycles. The summed E-state index contributed by atoms with van der Waals surface area (Å²) in [6.45, 7) is 4.00. The summed E-state index contributed by atoms with van der Waals surface area (Å²) in [5.41, 5.74) is 4.80. The van der Waals surface area contributed by atoms with Gasteiger partial charge in [0.1, 0.15) is 6.33 Å². The van der Waals surface area contributed by atoms with E-state index in [-0.39, 0.29) is 0 Å². The predicted molar refractivity (Wildman–Crippen MR) is 96.6 cm³/mol. The number of imidazole rings is 1. The minimum absolute atomic E-state index is 0.622. The van der Waals surface area contributed by atoms with Crippen molar-refractivity contribution in [1.29, 1.82) is 0 Å². The van der Waals surface area contributed by atoms with E-state index in [1.807, 2.05) is 66.9 Å². The smallest absolute Gasteiger partial charge is 0.236 e. The molecule has 2 heterocycles. The molecule has 4 nitrogen and oxygen atoms in total. The van der Waals surface area contributed by atoms with Crippen LogP contribution in [0.2, 0.25) is 5.02 Å². The summed E-state index contributed by atoms with van der Waals surface area (Å²) in [6, 6.07) is 15.7. The Bertz CT molecular complexity index is 1040. The van der Waals surface area contributed by atoms with E-state index in [9.17, 15) is 0 Å². The lowest BCUT2D eigenvalue weighted by atomic mass is 10.1. The van der Waals surface area contributed by atoms with Crippen molar-refractivity contribution >= 4 is 22.5 Å². The van der Waals surface area contributed by atoms with E-state index in [4.69, 9.17) is 21.6 Å². The van der Waals surface area contributed by atoms with Crippen molar-refractivity contribution in [1.82, 2.24) is 19.5 Å². The molecule has 5 heteroatoms. The van der Waals surface area contributed by atoms with Crippen LogP contribution in [0, 0.1) is 13.8 Å². The van der Waals surface area contributed by atoms with Gasteiger partial charge in [0.05, 0.1) is 16.9 Å². The van der Waals surface area contributed by atoms with Crippen molar-refractivity contribution < 1.29 is 0 Å². The second-order valence-corrected chi connectivity index (χ2v) is 6.12. The van der Waals surface area contributed by atoms with Crippen molar-refractivity contribution in [2.75, 3.05) is 0 Å².